The van der Waals surface area contributed by atoms with Crippen LogP contribution in [0, 0.1) is 6.92 Å². The van der Waals surface area contributed by atoms with E-state index in [4.69, 9.17) is 0 Å². The minimum atomic E-state index is 1.03. The fourth-order valence-corrected chi connectivity index (χ4v) is 1.18. The molecule has 0 spiro atoms. The SMILES string of the molecule is C=C/C(=C\C=C(C)C)c1ccc(C)nc1. The molecule has 1 aromatic heterocycles. The lowest BCUT2D eigenvalue weighted by Gasteiger charge is -2.01. The molecule has 1 nitrogen and oxygen atoms in total. The van der Waals surface area contributed by atoms with Crippen LogP contribution in [0.2, 0.25) is 0 Å². The van der Waals surface area contributed by atoms with Crippen molar-refractivity contribution in [1.82, 2.24) is 4.98 Å². The fourth-order valence-electron chi connectivity index (χ4n) is 1.18. The second-order valence-corrected chi connectivity index (χ2v) is 3.76. The first-order valence-electron chi connectivity index (χ1n) is 5.04. The Labute approximate surface area is 91.9 Å². The normalized spacial score (nSPS) is 11.0. The van der Waals surface area contributed by atoms with E-state index in [0.717, 1.165) is 16.8 Å². The zero-order valence-corrected chi connectivity index (χ0v) is 9.62. The van der Waals surface area contributed by atoms with Crippen molar-refractivity contribution in [2.45, 2.75) is 20.8 Å². The molecule has 0 aliphatic heterocycles. The Hall–Kier alpha value is -1.63. The minimum absolute atomic E-state index is 1.03. The molecule has 0 unspecified atom stereocenters. The number of hydrogen-bond donors (Lipinski definition) is 0. The molecule has 0 bridgehead atoms. The lowest BCUT2D eigenvalue weighted by molar-refractivity contribution is 1.19. The monoisotopic (exact) mass is 199 g/mol. The molecule has 1 heterocycles. The third-order valence-corrected chi connectivity index (χ3v) is 2.06. The lowest BCUT2D eigenvalue weighted by atomic mass is 10.1. The maximum absolute atomic E-state index is 4.27. The van der Waals surface area contributed by atoms with Gasteiger partial charge in [0.05, 0.1) is 0 Å². The first-order chi connectivity index (χ1) is 7.13. The highest BCUT2D eigenvalue weighted by Crippen LogP contribution is 2.15. The van der Waals surface area contributed by atoms with E-state index >= 15 is 0 Å². The summed E-state index contributed by atoms with van der Waals surface area (Å²) in [5, 5.41) is 0. The van der Waals surface area contributed by atoms with Crippen LogP contribution in [0.25, 0.3) is 5.57 Å². The highest BCUT2D eigenvalue weighted by atomic mass is 14.7. The van der Waals surface area contributed by atoms with E-state index in [1.54, 1.807) is 0 Å². The summed E-state index contributed by atoms with van der Waals surface area (Å²) in [7, 11) is 0. The number of nitrogens with zero attached hydrogens (tertiary/aromatic N) is 1. The average molecular weight is 199 g/mol. The van der Waals surface area contributed by atoms with Gasteiger partial charge in [-0.15, -0.1) is 0 Å². The third kappa shape index (κ3) is 3.55. The first kappa shape index (κ1) is 11.4. The van der Waals surface area contributed by atoms with Gasteiger partial charge in [-0.25, -0.2) is 0 Å². The van der Waals surface area contributed by atoms with E-state index in [9.17, 15) is 0 Å². The standard InChI is InChI=1S/C14H17N/c1-5-13(8-6-11(2)3)14-9-7-12(4)15-10-14/h5-10H,1H2,2-4H3/b13-8+. The molecule has 1 aromatic rings. The van der Waals surface area contributed by atoms with Gasteiger partial charge in [0.2, 0.25) is 0 Å². The van der Waals surface area contributed by atoms with Crippen molar-refractivity contribution in [3.63, 3.8) is 0 Å². The number of rotatable bonds is 3. The molecule has 0 aliphatic rings. The van der Waals surface area contributed by atoms with Crippen LogP contribution < -0.4 is 0 Å². The fraction of sp³-hybridized carbons (Fsp3) is 0.214. The highest BCUT2D eigenvalue weighted by Gasteiger charge is 1.96. The Bertz CT molecular complexity index is 390. The molecule has 0 N–H and O–H groups in total. The number of allylic oxidation sites excluding steroid dienone is 5. The summed E-state index contributed by atoms with van der Waals surface area (Å²) in [6.45, 7) is 9.94. The zero-order chi connectivity index (χ0) is 11.3. The smallest absolute Gasteiger partial charge is 0.0373 e. The molecule has 0 saturated carbocycles. The summed E-state index contributed by atoms with van der Waals surface area (Å²) in [5.41, 5.74) is 4.51. The largest absolute Gasteiger partial charge is 0.261 e. The maximum atomic E-state index is 4.27. The van der Waals surface area contributed by atoms with Crippen molar-refractivity contribution in [3.8, 4) is 0 Å². The topological polar surface area (TPSA) is 12.9 Å². The molecule has 0 fully saturated rings. The molecule has 15 heavy (non-hydrogen) atoms. The summed E-state index contributed by atoms with van der Waals surface area (Å²) in [6, 6.07) is 4.07. The average Bonchev–Trinajstić information content (AvgIpc) is 2.21. The maximum Gasteiger partial charge on any atom is 0.0373 e. The summed E-state index contributed by atoms with van der Waals surface area (Å²) in [6.07, 6.45) is 7.87. The second-order valence-electron chi connectivity index (χ2n) is 3.76. The summed E-state index contributed by atoms with van der Waals surface area (Å²) in [4.78, 5) is 4.27. The number of aryl methyl sites for hydroxylation is 1. The van der Waals surface area contributed by atoms with Crippen LogP contribution in [0.15, 0.2) is 48.7 Å². The van der Waals surface area contributed by atoms with Gasteiger partial charge < -0.3 is 0 Å². The van der Waals surface area contributed by atoms with E-state index in [-0.39, 0.29) is 0 Å². The molecule has 0 amide bonds. The van der Waals surface area contributed by atoms with Crippen LogP contribution in [-0.4, -0.2) is 4.98 Å². The number of aromatic nitrogens is 1. The quantitative estimate of drug-likeness (QED) is 0.672. The van der Waals surface area contributed by atoms with E-state index in [0.29, 0.717) is 0 Å². The van der Waals surface area contributed by atoms with Gasteiger partial charge >= 0.3 is 0 Å². The second kappa shape index (κ2) is 5.30. The molecule has 0 aliphatic carbocycles. The molecule has 0 saturated heterocycles. The van der Waals surface area contributed by atoms with Crippen LogP contribution in [-0.2, 0) is 0 Å². The molecule has 0 radical (unpaired) electrons. The van der Waals surface area contributed by atoms with Crippen molar-refractivity contribution in [3.05, 3.63) is 60.0 Å². The van der Waals surface area contributed by atoms with Gasteiger partial charge in [-0.2, -0.15) is 0 Å². The van der Waals surface area contributed by atoms with Crippen molar-refractivity contribution in [2.24, 2.45) is 0 Å². The first-order valence-corrected chi connectivity index (χ1v) is 5.04. The van der Waals surface area contributed by atoms with E-state index in [1.165, 1.54) is 5.57 Å². The lowest BCUT2D eigenvalue weighted by Crippen LogP contribution is -1.85. The predicted octanol–water partition coefficient (Wildman–Crippen LogP) is 3.93. The number of hydrogen-bond acceptors (Lipinski definition) is 1. The van der Waals surface area contributed by atoms with Gasteiger partial charge in [0.1, 0.15) is 0 Å². The van der Waals surface area contributed by atoms with Gasteiger partial charge in [-0.3, -0.25) is 4.98 Å². The molecule has 78 valence electrons. The van der Waals surface area contributed by atoms with Gasteiger partial charge in [-0.1, -0.05) is 36.4 Å². The third-order valence-electron chi connectivity index (χ3n) is 2.06. The molecular formula is C14H17N. The van der Waals surface area contributed by atoms with Crippen LogP contribution in [0.5, 0.6) is 0 Å². The van der Waals surface area contributed by atoms with Crippen molar-refractivity contribution in [1.29, 1.82) is 0 Å². The van der Waals surface area contributed by atoms with Crippen LogP contribution in [0.4, 0.5) is 0 Å². The Kier molecular flexibility index (Phi) is 4.04. The highest BCUT2D eigenvalue weighted by molar-refractivity contribution is 5.74. The Balaban J connectivity index is 3.02. The van der Waals surface area contributed by atoms with E-state index in [1.807, 2.05) is 25.3 Å². The van der Waals surface area contributed by atoms with E-state index in [2.05, 4.69) is 43.6 Å². The Morgan fingerprint density at radius 2 is 2.00 bits per heavy atom. The molecule has 1 heteroatoms. The minimum Gasteiger partial charge on any atom is -0.261 e. The summed E-state index contributed by atoms with van der Waals surface area (Å²) >= 11 is 0. The van der Waals surface area contributed by atoms with Gasteiger partial charge in [0.15, 0.2) is 0 Å². The van der Waals surface area contributed by atoms with E-state index < -0.39 is 0 Å². The van der Waals surface area contributed by atoms with Gasteiger partial charge in [-0.05, 0) is 38.0 Å². The predicted molar refractivity (Wildman–Crippen MR) is 66.6 cm³/mol. The van der Waals surface area contributed by atoms with Gasteiger partial charge in [0, 0.05) is 11.9 Å². The number of pyridine rings is 1. The van der Waals surface area contributed by atoms with Crippen LogP contribution in [0.3, 0.4) is 0 Å². The van der Waals surface area contributed by atoms with Crippen molar-refractivity contribution in [2.75, 3.05) is 0 Å². The van der Waals surface area contributed by atoms with Crippen molar-refractivity contribution >= 4 is 5.57 Å². The summed E-state index contributed by atoms with van der Waals surface area (Å²) in [5.74, 6) is 0. The van der Waals surface area contributed by atoms with Crippen LogP contribution >= 0.6 is 0 Å². The summed E-state index contributed by atoms with van der Waals surface area (Å²) < 4.78 is 0. The molecule has 0 atom stereocenters. The zero-order valence-electron chi connectivity index (χ0n) is 9.62. The molecule has 0 aromatic carbocycles. The molecular weight excluding hydrogens is 182 g/mol. The van der Waals surface area contributed by atoms with Crippen LogP contribution in [0.1, 0.15) is 25.1 Å². The van der Waals surface area contributed by atoms with Gasteiger partial charge in [0.25, 0.3) is 0 Å². The molecule has 1 rings (SSSR count). The Morgan fingerprint density at radius 3 is 2.47 bits per heavy atom. The van der Waals surface area contributed by atoms with Crippen molar-refractivity contribution < 1.29 is 0 Å². The Morgan fingerprint density at radius 1 is 1.27 bits per heavy atom.